The van der Waals surface area contributed by atoms with E-state index in [9.17, 15) is 4.79 Å². The lowest BCUT2D eigenvalue weighted by Gasteiger charge is -2.34. The van der Waals surface area contributed by atoms with Crippen LogP contribution in [-0.2, 0) is 4.79 Å². The molecule has 1 fully saturated rings. The van der Waals surface area contributed by atoms with Crippen LogP contribution in [0, 0.1) is 5.92 Å². The molecule has 0 N–H and O–H groups in total. The van der Waals surface area contributed by atoms with E-state index in [1.165, 1.54) is 0 Å². The van der Waals surface area contributed by atoms with Crippen molar-refractivity contribution in [1.82, 2.24) is 0 Å². The third-order valence-corrected chi connectivity index (χ3v) is 3.49. The van der Waals surface area contributed by atoms with Crippen LogP contribution >= 0.6 is 11.6 Å². The van der Waals surface area contributed by atoms with Crippen molar-refractivity contribution in [2.75, 3.05) is 0 Å². The van der Waals surface area contributed by atoms with E-state index in [1.54, 1.807) is 0 Å². The zero-order valence-electron chi connectivity index (χ0n) is 7.19. The summed E-state index contributed by atoms with van der Waals surface area (Å²) in [6.07, 6.45) is 3.10. The molecule has 0 aromatic heterocycles. The maximum absolute atomic E-state index is 10.9. The summed E-state index contributed by atoms with van der Waals surface area (Å²) >= 11 is 6.32. The SMILES string of the molecule is CC(C)C1(Cl)CCC(=O)CC1. The van der Waals surface area contributed by atoms with E-state index >= 15 is 0 Å². The number of rotatable bonds is 1. The van der Waals surface area contributed by atoms with Crippen molar-refractivity contribution in [3.05, 3.63) is 0 Å². The lowest BCUT2D eigenvalue weighted by Crippen LogP contribution is -2.33. The Morgan fingerprint density at radius 3 is 2.18 bits per heavy atom. The molecule has 2 heteroatoms. The maximum atomic E-state index is 10.9. The average molecular weight is 175 g/mol. The number of ketones is 1. The molecule has 1 nitrogen and oxygen atoms in total. The molecule has 0 amide bonds. The van der Waals surface area contributed by atoms with E-state index in [0.29, 0.717) is 24.5 Å². The number of carbonyl (C=O) groups excluding carboxylic acids is 1. The number of Topliss-reactive ketones (excluding diaryl/α,β-unsaturated/α-hetero) is 1. The topological polar surface area (TPSA) is 17.1 Å². The lowest BCUT2D eigenvalue weighted by atomic mass is 9.80. The second-order valence-corrected chi connectivity index (χ2v) is 4.48. The number of hydrogen-bond acceptors (Lipinski definition) is 1. The summed E-state index contributed by atoms with van der Waals surface area (Å²) in [6.45, 7) is 4.26. The van der Waals surface area contributed by atoms with Crippen molar-refractivity contribution in [2.24, 2.45) is 5.92 Å². The standard InChI is InChI=1S/C9H15ClO/c1-7(2)9(10)5-3-8(11)4-6-9/h7H,3-6H2,1-2H3. The Kier molecular flexibility index (Phi) is 2.58. The first-order valence-electron chi connectivity index (χ1n) is 4.25. The minimum atomic E-state index is -0.0894. The number of alkyl halides is 1. The highest BCUT2D eigenvalue weighted by molar-refractivity contribution is 6.24. The second-order valence-electron chi connectivity index (χ2n) is 3.73. The summed E-state index contributed by atoms with van der Waals surface area (Å²) < 4.78 is 0. The molecule has 1 saturated carbocycles. The monoisotopic (exact) mass is 174 g/mol. The van der Waals surface area contributed by atoms with Crippen molar-refractivity contribution in [3.8, 4) is 0 Å². The molecule has 0 atom stereocenters. The minimum Gasteiger partial charge on any atom is -0.300 e. The molecular weight excluding hydrogens is 160 g/mol. The molecule has 0 aliphatic heterocycles. The molecule has 1 aliphatic rings. The Balaban J connectivity index is 2.55. The molecule has 0 spiro atoms. The summed E-state index contributed by atoms with van der Waals surface area (Å²) in [4.78, 5) is 10.8. The van der Waals surface area contributed by atoms with Gasteiger partial charge >= 0.3 is 0 Å². The van der Waals surface area contributed by atoms with E-state index < -0.39 is 0 Å². The molecule has 64 valence electrons. The predicted molar refractivity (Wildman–Crippen MR) is 46.9 cm³/mol. The van der Waals surface area contributed by atoms with Crippen molar-refractivity contribution >= 4 is 17.4 Å². The van der Waals surface area contributed by atoms with Gasteiger partial charge in [-0.15, -0.1) is 11.6 Å². The average Bonchev–Trinajstić information content (AvgIpc) is 1.95. The van der Waals surface area contributed by atoms with Gasteiger partial charge in [0, 0.05) is 17.7 Å². The molecule has 0 aromatic rings. The van der Waals surface area contributed by atoms with Gasteiger partial charge in [-0.2, -0.15) is 0 Å². The van der Waals surface area contributed by atoms with Crippen LogP contribution in [0.1, 0.15) is 39.5 Å². The van der Waals surface area contributed by atoms with Gasteiger partial charge in [0.25, 0.3) is 0 Å². The third-order valence-electron chi connectivity index (χ3n) is 2.67. The number of halogens is 1. The number of hydrogen-bond donors (Lipinski definition) is 0. The molecule has 1 aliphatic carbocycles. The predicted octanol–water partition coefficient (Wildman–Crippen LogP) is 2.76. The van der Waals surface area contributed by atoms with Crippen LogP contribution in [0.4, 0.5) is 0 Å². The Morgan fingerprint density at radius 1 is 1.36 bits per heavy atom. The first kappa shape index (κ1) is 9.05. The fourth-order valence-corrected chi connectivity index (χ4v) is 1.71. The first-order chi connectivity index (χ1) is 5.04. The van der Waals surface area contributed by atoms with Gasteiger partial charge in [-0.05, 0) is 18.8 Å². The maximum Gasteiger partial charge on any atom is 0.133 e. The summed E-state index contributed by atoms with van der Waals surface area (Å²) in [5, 5.41) is 0. The molecule has 0 aromatic carbocycles. The van der Waals surface area contributed by atoms with E-state index in [-0.39, 0.29) is 4.87 Å². The Hall–Kier alpha value is -0.0400. The van der Waals surface area contributed by atoms with Crippen LogP contribution in [0.25, 0.3) is 0 Å². The highest BCUT2D eigenvalue weighted by Gasteiger charge is 2.35. The van der Waals surface area contributed by atoms with E-state index in [4.69, 9.17) is 11.6 Å². The van der Waals surface area contributed by atoms with Crippen molar-refractivity contribution in [3.63, 3.8) is 0 Å². The zero-order chi connectivity index (χ0) is 8.48. The van der Waals surface area contributed by atoms with Gasteiger partial charge in [0.1, 0.15) is 5.78 Å². The fourth-order valence-electron chi connectivity index (χ4n) is 1.52. The van der Waals surface area contributed by atoms with Gasteiger partial charge in [0.2, 0.25) is 0 Å². The molecule has 0 radical (unpaired) electrons. The molecule has 0 unspecified atom stereocenters. The van der Waals surface area contributed by atoms with Crippen LogP contribution in [0.5, 0.6) is 0 Å². The summed E-state index contributed by atoms with van der Waals surface area (Å²) in [6, 6.07) is 0. The Bertz CT molecular complexity index is 153. The van der Waals surface area contributed by atoms with Crippen molar-refractivity contribution in [1.29, 1.82) is 0 Å². The van der Waals surface area contributed by atoms with Crippen LogP contribution in [0.2, 0.25) is 0 Å². The van der Waals surface area contributed by atoms with Crippen LogP contribution in [0.15, 0.2) is 0 Å². The van der Waals surface area contributed by atoms with Crippen LogP contribution in [-0.4, -0.2) is 10.7 Å². The quantitative estimate of drug-likeness (QED) is 0.559. The Morgan fingerprint density at radius 2 is 1.82 bits per heavy atom. The first-order valence-corrected chi connectivity index (χ1v) is 4.63. The van der Waals surface area contributed by atoms with Gasteiger partial charge < -0.3 is 0 Å². The van der Waals surface area contributed by atoms with E-state index in [2.05, 4.69) is 13.8 Å². The Labute approximate surface area is 73.1 Å². The molecule has 0 saturated heterocycles. The van der Waals surface area contributed by atoms with Gasteiger partial charge in [0.05, 0.1) is 0 Å². The normalized spacial score (nSPS) is 24.2. The third kappa shape index (κ3) is 1.96. The largest absolute Gasteiger partial charge is 0.300 e. The van der Waals surface area contributed by atoms with Crippen molar-refractivity contribution in [2.45, 2.75) is 44.4 Å². The van der Waals surface area contributed by atoms with Gasteiger partial charge in [-0.3, -0.25) is 4.79 Å². The number of carbonyl (C=O) groups is 1. The second kappa shape index (κ2) is 3.14. The molecular formula is C9H15ClO. The molecule has 11 heavy (non-hydrogen) atoms. The smallest absolute Gasteiger partial charge is 0.133 e. The molecule has 0 heterocycles. The lowest BCUT2D eigenvalue weighted by molar-refractivity contribution is -0.120. The van der Waals surface area contributed by atoms with Gasteiger partial charge in [0.15, 0.2) is 0 Å². The molecule has 1 rings (SSSR count). The highest BCUT2D eigenvalue weighted by Crippen LogP contribution is 2.38. The van der Waals surface area contributed by atoms with E-state index in [0.717, 1.165) is 12.8 Å². The van der Waals surface area contributed by atoms with Crippen LogP contribution < -0.4 is 0 Å². The van der Waals surface area contributed by atoms with Gasteiger partial charge in [-0.25, -0.2) is 0 Å². The highest BCUT2D eigenvalue weighted by atomic mass is 35.5. The minimum absolute atomic E-state index is 0.0894. The van der Waals surface area contributed by atoms with E-state index in [1.807, 2.05) is 0 Å². The van der Waals surface area contributed by atoms with Crippen LogP contribution in [0.3, 0.4) is 0 Å². The summed E-state index contributed by atoms with van der Waals surface area (Å²) in [7, 11) is 0. The summed E-state index contributed by atoms with van der Waals surface area (Å²) in [5.41, 5.74) is 0. The molecule has 0 bridgehead atoms. The summed E-state index contributed by atoms with van der Waals surface area (Å²) in [5.74, 6) is 0.860. The van der Waals surface area contributed by atoms with Crippen molar-refractivity contribution < 1.29 is 4.79 Å². The fraction of sp³-hybridized carbons (Fsp3) is 0.889. The van der Waals surface area contributed by atoms with Gasteiger partial charge in [-0.1, -0.05) is 13.8 Å². The zero-order valence-corrected chi connectivity index (χ0v) is 7.95.